The molecule has 0 saturated heterocycles. The number of benzene rings is 1. The first-order chi connectivity index (χ1) is 9.63. The molecule has 0 spiro atoms. The highest BCUT2D eigenvalue weighted by Crippen LogP contribution is 2.27. The molecular formula is C13H15ClN4O2. The molecule has 1 aromatic heterocycles. The van der Waals surface area contributed by atoms with Crippen LogP contribution in [0.2, 0.25) is 5.02 Å². The van der Waals surface area contributed by atoms with Gasteiger partial charge < -0.3 is 9.88 Å². The van der Waals surface area contributed by atoms with Crippen LogP contribution in [0.3, 0.4) is 0 Å². The zero-order chi connectivity index (χ0) is 14.5. The standard InChI is InChI=1S/C13H15ClN4O2/c1-2-15-8-13-16-6-7-17(13)9-10-11(14)4-3-5-12(10)18(19)20/h3-7,15H,2,8-9H2,1H3. The highest BCUT2D eigenvalue weighted by Gasteiger charge is 2.17. The van der Waals surface area contributed by atoms with E-state index in [1.165, 1.54) is 6.07 Å². The second kappa shape index (κ2) is 6.49. The number of imidazole rings is 1. The van der Waals surface area contributed by atoms with Crippen LogP contribution in [0.1, 0.15) is 18.3 Å². The molecule has 7 heteroatoms. The summed E-state index contributed by atoms with van der Waals surface area (Å²) in [5.74, 6) is 0.820. The summed E-state index contributed by atoms with van der Waals surface area (Å²) < 4.78 is 1.86. The Morgan fingerprint density at radius 3 is 3.00 bits per heavy atom. The lowest BCUT2D eigenvalue weighted by Crippen LogP contribution is -2.17. The molecule has 0 unspecified atom stereocenters. The Bertz CT molecular complexity index is 612. The number of aromatic nitrogens is 2. The summed E-state index contributed by atoms with van der Waals surface area (Å²) in [5.41, 5.74) is 0.524. The molecule has 0 aliphatic heterocycles. The van der Waals surface area contributed by atoms with Crippen LogP contribution in [0, 0.1) is 10.1 Å². The number of rotatable bonds is 6. The van der Waals surface area contributed by atoms with Crippen molar-refractivity contribution in [2.24, 2.45) is 0 Å². The SMILES string of the molecule is CCNCc1nccn1Cc1c(Cl)cccc1[N+](=O)[O-]. The Balaban J connectivity index is 2.30. The van der Waals surface area contributed by atoms with Gasteiger partial charge in [-0.3, -0.25) is 10.1 Å². The third-order valence-electron chi connectivity index (χ3n) is 2.95. The molecule has 0 atom stereocenters. The van der Waals surface area contributed by atoms with Crippen LogP contribution in [0.25, 0.3) is 0 Å². The smallest absolute Gasteiger partial charge is 0.275 e. The highest BCUT2D eigenvalue weighted by molar-refractivity contribution is 6.31. The highest BCUT2D eigenvalue weighted by atomic mass is 35.5. The summed E-state index contributed by atoms with van der Waals surface area (Å²) in [6, 6.07) is 4.70. The number of nitrogens with one attached hydrogen (secondary N) is 1. The molecular weight excluding hydrogens is 280 g/mol. The summed E-state index contributed by atoms with van der Waals surface area (Å²) >= 11 is 6.09. The zero-order valence-corrected chi connectivity index (χ0v) is 11.8. The van der Waals surface area contributed by atoms with Crippen molar-refractivity contribution < 1.29 is 4.92 Å². The monoisotopic (exact) mass is 294 g/mol. The molecule has 1 heterocycles. The fraction of sp³-hybridized carbons (Fsp3) is 0.308. The number of hydrogen-bond donors (Lipinski definition) is 1. The molecule has 1 N–H and O–H groups in total. The van der Waals surface area contributed by atoms with Crippen LogP contribution >= 0.6 is 11.6 Å². The fourth-order valence-electron chi connectivity index (χ4n) is 1.93. The van der Waals surface area contributed by atoms with Crippen molar-refractivity contribution in [3.63, 3.8) is 0 Å². The van der Waals surface area contributed by atoms with E-state index in [2.05, 4.69) is 10.3 Å². The van der Waals surface area contributed by atoms with Crippen LogP contribution in [0.5, 0.6) is 0 Å². The first kappa shape index (κ1) is 14.5. The van der Waals surface area contributed by atoms with Crippen molar-refractivity contribution in [2.75, 3.05) is 6.54 Å². The van der Waals surface area contributed by atoms with E-state index in [4.69, 9.17) is 11.6 Å². The third-order valence-corrected chi connectivity index (χ3v) is 3.31. The first-order valence-corrected chi connectivity index (χ1v) is 6.63. The maximum atomic E-state index is 11.1. The molecule has 6 nitrogen and oxygen atoms in total. The van der Waals surface area contributed by atoms with Gasteiger partial charge in [0.1, 0.15) is 5.82 Å². The van der Waals surface area contributed by atoms with Crippen molar-refractivity contribution >= 4 is 17.3 Å². The lowest BCUT2D eigenvalue weighted by Gasteiger charge is -2.10. The molecule has 1 aromatic carbocycles. The molecule has 0 fully saturated rings. The normalized spacial score (nSPS) is 10.7. The minimum Gasteiger partial charge on any atom is -0.329 e. The second-order valence-corrected chi connectivity index (χ2v) is 4.65. The minimum atomic E-state index is -0.415. The molecule has 0 radical (unpaired) electrons. The number of halogens is 1. The summed E-state index contributed by atoms with van der Waals surface area (Å²) in [5, 5.41) is 14.6. The van der Waals surface area contributed by atoms with Gasteiger partial charge in [-0.25, -0.2) is 4.98 Å². The molecule has 2 aromatic rings. The van der Waals surface area contributed by atoms with Gasteiger partial charge in [-0.2, -0.15) is 0 Å². The quantitative estimate of drug-likeness (QED) is 0.656. The summed E-state index contributed by atoms with van der Waals surface area (Å²) in [4.78, 5) is 14.9. The van der Waals surface area contributed by atoms with Crippen molar-refractivity contribution in [1.29, 1.82) is 0 Å². The Morgan fingerprint density at radius 1 is 1.50 bits per heavy atom. The lowest BCUT2D eigenvalue weighted by atomic mass is 10.1. The summed E-state index contributed by atoms with van der Waals surface area (Å²) in [6.07, 6.45) is 3.47. The van der Waals surface area contributed by atoms with Gasteiger partial charge in [0.05, 0.1) is 28.6 Å². The Hall–Kier alpha value is -1.92. The van der Waals surface area contributed by atoms with Crippen LogP contribution in [0.15, 0.2) is 30.6 Å². The van der Waals surface area contributed by atoms with Gasteiger partial charge in [0.2, 0.25) is 0 Å². The van der Waals surface area contributed by atoms with Crippen LogP contribution in [-0.4, -0.2) is 21.0 Å². The van der Waals surface area contributed by atoms with Crippen molar-refractivity contribution in [3.05, 3.63) is 57.1 Å². The first-order valence-electron chi connectivity index (χ1n) is 6.26. The molecule has 0 saturated carbocycles. The number of nitro benzene ring substituents is 1. The third kappa shape index (κ3) is 3.15. The Morgan fingerprint density at radius 2 is 2.30 bits per heavy atom. The molecule has 0 bridgehead atoms. The molecule has 0 aliphatic carbocycles. The predicted octanol–water partition coefficient (Wildman–Crippen LogP) is 2.60. The van der Waals surface area contributed by atoms with Crippen LogP contribution < -0.4 is 5.32 Å². The topological polar surface area (TPSA) is 73.0 Å². The van der Waals surface area contributed by atoms with Gasteiger partial charge in [-0.1, -0.05) is 24.6 Å². The van der Waals surface area contributed by atoms with Gasteiger partial charge in [0.25, 0.3) is 5.69 Å². The van der Waals surface area contributed by atoms with Gasteiger partial charge in [0, 0.05) is 18.5 Å². The molecule has 20 heavy (non-hydrogen) atoms. The number of nitrogens with zero attached hydrogens (tertiary/aromatic N) is 3. The molecule has 2 rings (SSSR count). The average Bonchev–Trinajstić information content (AvgIpc) is 2.85. The molecule has 106 valence electrons. The maximum absolute atomic E-state index is 11.1. The van der Waals surface area contributed by atoms with Gasteiger partial charge in [-0.05, 0) is 12.6 Å². The van der Waals surface area contributed by atoms with E-state index < -0.39 is 4.92 Å². The number of hydrogen-bond acceptors (Lipinski definition) is 4. The van der Waals surface area contributed by atoms with Crippen LogP contribution in [0.4, 0.5) is 5.69 Å². The second-order valence-electron chi connectivity index (χ2n) is 4.25. The number of nitro groups is 1. The van der Waals surface area contributed by atoms with E-state index >= 15 is 0 Å². The lowest BCUT2D eigenvalue weighted by molar-refractivity contribution is -0.385. The van der Waals surface area contributed by atoms with Gasteiger partial charge in [-0.15, -0.1) is 0 Å². The minimum absolute atomic E-state index is 0.0283. The van der Waals surface area contributed by atoms with E-state index in [0.717, 1.165) is 12.4 Å². The molecule has 0 aliphatic rings. The van der Waals surface area contributed by atoms with Crippen molar-refractivity contribution in [2.45, 2.75) is 20.0 Å². The van der Waals surface area contributed by atoms with Gasteiger partial charge >= 0.3 is 0 Å². The molecule has 0 amide bonds. The maximum Gasteiger partial charge on any atom is 0.275 e. The van der Waals surface area contributed by atoms with Crippen molar-refractivity contribution in [1.82, 2.24) is 14.9 Å². The van der Waals surface area contributed by atoms with E-state index in [1.807, 2.05) is 11.5 Å². The average molecular weight is 295 g/mol. The summed E-state index contributed by atoms with van der Waals surface area (Å²) in [7, 11) is 0. The Labute approximate surface area is 121 Å². The largest absolute Gasteiger partial charge is 0.329 e. The van der Waals surface area contributed by atoms with Gasteiger partial charge in [0.15, 0.2) is 0 Å². The Kier molecular flexibility index (Phi) is 4.70. The van der Waals surface area contributed by atoms with E-state index in [9.17, 15) is 10.1 Å². The zero-order valence-electron chi connectivity index (χ0n) is 11.0. The van der Waals surface area contributed by atoms with Crippen LogP contribution in [-0.2, 0) is 13.1 Å². The summed E-state index contributed by atoms with van der Waals surface area (Å²) in [6.45, 7) is 3.78. The predicted molar refractivity (Wildman–Crippen MR) is 76.8 cm³/mol. The van der Waals surface area contributed by atoms with Crippen molar-refractivity contribution in [3.8, 4) is 0 Å². The van der Waals surface area contributed by atoms with E-state index in [1.54, 1.807) is 24.5 Å². The van der Waals surface area contributed by atoms with E-state index in [0.29, 0.717) is 23.7 Å². The van der Waals surface area contributed by atoms with E-state index in [-0.39, 0.29) is 5.69 Å². The fourth-order valence-corrected chi connectivity index (χ4v) is 2.16.